The van der Waals surface area contributed by atoms with Gasteiger partial charge in [0.2, 0.25) is 0 Å². The number of nitrogen functional groups attached to an aromatic ring is 1. The number of hydrogen-bond donors (Lipinski definition) is 2. The molecule has 2 bridgehead atoms. The van der Waals surface area contributed by atoms with Gasteiger partial charge in [-0.1, -0.05) is 17.7 Å². The number of aromatic nitrogens is 2. The third kappa shape index (κ3) is 3.97. The maximum Gasteiger partial charge on any atom is 0.319 e. The molecule has 0 radical (unpaired) electrons. The van der Waals surface area contributed by atoms with E-state index in [1.165, 1.54) is 11.3 Å². The second kappa shape index (κ2) is 9.50. The van der Waals surface area contributed by atoms with E-state index >= 15 is 4.39 Å². The van der Waals surface area contributed by atoms with E-state index < -0.39 is 12.0 Å². The van der Waals surface area contributed by atoms with Crippen LogP contribution in [0.5, 0.6) is 11.8 Å². The molecule has 0 aliphatic carbocycles. The highest BCUT2D eigenvalue weighted by Gasteiger charge is 2.50. The Kier molecular flexibility index (Phi) is 5.84. The topological polar surface area (TPSA) is 88.8 Å². The van der Waals surface area contributed by atoms with Gasteiger partial charge in [0.05, 0.1) is 27.0 Å². The Bertz CT molecular complexity index is 1810. The first-order chi connectivity index (χ1) is 20.9. The van der Waals surface area contributed by atoms with Crippen LogP contribution in [0, 0.1) is 5.82 Å². The van der Waals surface area contributed by atoms with Crippen LogP contribution in [0.25, 0.3) is 32.1 Å². The van der Waals surface area contributed by atoms with Gasteiger partial charge in [-0.05, 0) is 61.4 Å². The van der Waals surface area contributed by atoms with Crippen LogP contribution in [0.15, 0.2) is 24.3 Å². The lowest BCUT2D eigenvalue weighted by atomic mass is 9.95. The molecule has 0 spiro atoms. The van der Waals surface area contributed by atoms with Crippen molar-refractivity contribution >= 4 is 54.7 Å². The summed E-state index contributed by atoms with van der Waals surface area (Å²) in [6.07, 6.45) is 3.51. The van der Waals surface area contributed by atoms with Gasteiger partial charge in [-0.3, -0.25) is 4.90 Å². The molecule has 8 nitrogen and oxygen atoms in total. The van der Waals surface area contributed by atoms with E-state index in [2.05, 4.69) is 20.1 Å². The van der Waals surface area contributed by atoms with Gasteiger partial charge in [0.15, 0.2) is 11.6 Å². The number of ether oxygens (including phenoxy) is 2. The summed E-state index contributed by atoms with van der Waals surface area (Å²) >= 11 is 8.53. The lowest BCUT2D eigenvalue weighted by Gasteiger charge is -2.40. The molecular formula is C31H31ClF2N6O2S. The largest absolute Gasteiger partial charge is 0.489 e. The summed E-state index contributed by atoms with van der Waals surface area (Å²) in [7, 11) is 0. The minimum atomic E-state index is -0.874. The number of piperazine rings is 1. The maximum absolute atomic E-state index is 16.9. The third-order valence-electron chi connectivity index (χ3n) is 10.2. The highest BCUT2D eigenvalue weighted by Crippen LogP contribution is 2.50. The number of hydrogen-bond acceptors (Lipinski definition) is 9. The van der Waals surface area contributed by atoms with Crippen molar-refractivity contribution in [3.63, 3.8) is 0 Å². The Balaban J connectivity index is 1.21. The Hall–Kier alpha value is -2.99. The van der Waals surface area contributed by atoms with Crippen LogP contribution in [0.4, 0.5) is 19.6 Å². The van der Waals surface area contributed by atoms with Crippen LogP contribution >= 0.6 is 22.9 Å². The van der Waals surface area contributed by atoms with Crippen molar-refractivity contribution in [1.82, 2.24) is 20.2 Å². The Morgan fingerprint density at radius 2 is 2.14 bits per heavy atom. The van der Waals surface area contributed by atoms with Crippen LogP contribution in [-0.4, -0.2) is 77.6 Å². The molecule has 2 aromatic heterocycles. The Morgan fingerprint density at radius 3 is 3.05 bits per heavy atom. The van der Waals surface area contributed by atoms with Gasteiger partial charge in [-0.25, -0.2) is 8.78 Å². The molecule has 3 N–H and O–H groups in total. The molecule has 5 atom stereocenters. The van der Waals surface area contributed by atoms with E-state index in [-0.39, 0.29) is 46.3 Å². The molecule has 4 aromatic rings. The standard InChI is InChI=1S/C31H31ClF2N6O2S/c32-25-23(15-2-5-21-16(8-15)9-22(35)43-21)26(34)27-24-28(25)41-13-20-19-4-3-18(36-19)12-40(20)29(24)38-30(37-27)42-14-31-6-1-7-39(31)11-17(33)10-31/h2,5,8-9,17-20,36H,1,3-4,6-7,10-14,35H2/t17-,18-,19+,20-,31+/m1/s1. The fourth-order valence-electron chi connectivity index (χ4n) is 8.27. The van der Waals surface area contributed by atoms with E-state index in [1.807, 2.05) is 24.3 Å². The molecule has 4 saturated heterocycles. The lowest BCUT2D eigenvalue weighted by molar-refractivity contribution is 0.107. The number of fused-ring (bicyclic) bond motifs is 7. The molecule has 5 aliphatic rings. The number of nitrogens with one attached hydrogen (secondary N) is 1. The molecule has 0 amide bonds. The predicted octanol–water partition coefficient (Wildman–Crippen LogP) is 5.54. The summed E-state index contributed by atoms with van der Waals surface area (Å²) in [5, 5.41) is 5.98. The molecule has 2 aromatic carbocycles. The maximum atomic E-state index is 16.9. The van der Waals surface area contributed by atoms with Gasteiger partial charge < -0.3 is 25.4 Å². The summed E-state index contributed by atoms with van der Waals surface area (Å²) in [5.74, 6) is 0.423. The molecule has 5 aliphatic heterocycles. The molecule has 4 fully saturated rings. The Labute approximate surface area is 256 Å². The van der Waals surface area contributed by atoms with E-state index in [9.17, 15) is 4.39 Å². The zero-order chi connectivity index (χ0) is 29.0. The molecule has 12 heteroatoms. The molecule has 7 heterocycles. The first kappa shape index (κ1) is 26.4. The molecule has 224 valence electrons. The Morgan fingerprint density at radius 1 is 1.23 bits per heavy atom. The minimum Gasteiger partial charge on any atom is -0.489 e. The molecule has 9 rings (SSSR count). The summed E-state index contributed by atoms with van der Waals surface area (Å²) in [4.78, 5) is 14.0. The van der Waals surface area contributed by atoms with Gasteiger partial charge in [-0.2, -0.15) is 9.97 Å². The number of thiophene rings is 1. The average Bonchev–Trinajstić information content (AvgIpc) is 3.71. The number of alkyl halides is 1. The molecular weight excluding hydrogens is 594 g/mol. The average molecular weight is 625 g/mol. The zero-order valence-electron chi connectivity index (χ0n) is 23.4. The van der Waals surface area contributed by atoms with Crippen LogP contribution in [0.1, 0.15) is 32.1 Å². The van der Waals surface area contributed by atoms with E-state index in [0.29, 0.717) is 59.7 Å². The summed E-state index contributed by atoms with van der Waals surface area (Å²) < 4.78 is 45.1. The van der Waals surface area contributed by atoms with Crippen molar-refractivity contribution in [1.29, 1.82) is 0 Å². The third-order valence-corrected chi connectivity index (χ3v) is 11.5. The predicted molar refractivity (Wildman–Crippen MR) is 165 cm³/mol. The number of nitrogens with two attached hydrogens (primary N) is 1. The smallest absolute Gasteiger partial charge is 0.319 e. The zero-order valence-corrected chi connectivity index (χ0v) is 25.0. The first-order valence-corrected chi connectivity index (χ1v) is 16.3. The normalized spacial score (nSPS) is 29.6. The minimum absolute atomic E-state index is 0.00384. The summed E-state index contributed by atoms with van der Waals surface area (Å²) in [5.41, 5.74) is 6.62. The number of rotatable bonds is 4. The van der Waals surface area contributed by atoms with E-state index in [0.717, 1.165) is 42.3 Å². The number of nitrogens with zero attached hydrogens (tertiary/aromatic N) is 4. The van der Waals surface area contributed by atoms with Gasteiger partial charge >= 0.3 is 6.01 Å². The van der Waals surface area contributed by atoms with Crippen molar-refractivity contribution < 1.29 is 18.3 Å². The highest BCUT2D eigenvalue weighted by molar-refractivity contribution is 7.22. The van der Waals surface area contributed by atoms with E-state index in [1.54, 1.807) is 0 Å². The van der Waals surface area contributed by atoms with Crippen molar-refractivity contribution in [2.24, 2.45) is 0 Å². The second-order valence-electron chi connectivity index (χ2n) is 12.7. The molecule has 43 heavy (non-hydrogen) atoms. The monoisotopic (exact) mass is 624 g/mol. The van der Waals surface area contributed by atoms with Crippen LogP contribution in [0.3, 0.4) is 0 Å². The van der Waals surface area contributed by atoms with Crippen molar-refractivity contribution in [3.05, 3.63) is 35.1 Å². The molecule has 0 unspecified atom stereocenters. The fourth-order valence-corrected chi connectivity index (χ4v) is 9.42. The van der Waals surface area contributed by atoms with Crippen molar-refractivity contribution in [2.45, 2.75) is 61.9 Å². The number of halogens is 3. The van der Waals surface area contributed by atoms with Crippen LogP contribution < -0.4 is 25.4 Å². The molecule has 0 saturated carbocycles. The lowest BCUT2D eigenvalue weighted by Crippen LogP contribution is -2.60. The van der Waals surface area contributed by atoms with Crippen LogP contribution in [-0.2, 0) is 0 Å². The second-order valence-corrected chi connectivity index (χ2v) is 14.2. The quantitative estimate of drug-likeness (QED) is 0.306. The van der Waals surface area contributed by atoms with Crippen molar-refractivity contribution in [3.8, 4) is 22.9 Å². The fraction of sp³-hybridized carbons (Fsp3) is 0.484. The highest BCUT2D eigenvalue weighted by atomic mass is 35.5. The van der Waals surface area contributed by atoms with Gasteiger partial charge in [0.25, 0.3) is 0 Å². The summed E-state index contributed by atoms with van der Waals surface area (Å²) in [6.45, 7) is 2.64. The van der Waals surface area contributed by atoms with Gasteiger partial charge in [-0.15, -0.1) is 11.3 Å². The van der Waals surface area contributed by atoms with E-state index in [4.69, 9.17) is 31.8 Å². The number of anilines is 2. The van der Waals surface area contributed by atoms with Crippen LogP contribution in [0.2, 0.25) is 5.02 Å². The summed E-state index contributed by atoms with van der Waals surface area (Å²) in [6, 6.07) is 8.19. The van der Waals surface area contributed by atoms with Crippen molar-refractivity contribution in [2.75, 3.05) is 43.5 Å². The van der Waals surface area contributed by atoms with Gasteiger partial charge in [0.1, 0.15) is 30.7 Å². The first-order valence-electron chi connectivity index (χ1n) is 15.1. The SMILES string of the molecule is Nc1cc2cc(-c3c(Cl)c4c5c(nc(OC[C@@]67CCCN6C[C@H](F)C7)nc5c3F)N3C[C@H]5CC[C@H](N5)[C@H]3CO4)ccc2s1. The van der Waals surface area contributed by atoms with Gasteiger partial charge in [0, 0.05) is 41.9 Å². The number of benzene rings is 2.